The number of nitrogens with one attached hydrogen (secondary N) is 1. The van der Waals surface area contributed by atoms with Gasteiger partial charge in [-0.1, -0.05) is 18.7 Å². The van der Waals surface area contributed by atoms with Gasteiger partial charge < -0.3 is 10.1 Å². The van der Waals surface area contributed by atoms with Crippen LogP contribution in [-0.4, -0.2) is 19.2 Å². The minimum atomic E-state index is 0.444. The summed E-state index contributed by atoms with van der Waals surface area (Å²) in [4.78, 5) is 0. The fraction of sp³-hybridized carbons (Fsp3) is 0.556. The first kappa shape index (κ1) is 8.34. The molecule has 11 heavy (non-hydrogen) atoms. The van der Waals surface area contributed by atoms with Crippen molar-refractivity contribution in [2.24, 2.45) is 0 Å². The third-order valence-corrected chi connectivity index (χ3v) is 1.71. The fourth-order valence-electron chi connectivity index (χ4n) is 1.14. The van der Waals surface area contributed by atoms with Crippen molar-refractivity contribution < 1.29 is 4.74 Å². The summed E-state index contributed by atoms with van der Waals surface area (Å²) >= 11 is 0. The van der Waals surface area contributed by atoms with E-state index in [1.807, 2.05) is 6.92 Å². The van der Waals surface area contributed by atoms with Crippen LogP contribution in [0.3, 0.4) is 0 Å². The Morgan fingerprint density at radius 2 is 2.55 bits per heavy atom. The summed E-state index contributed by atoms with van der Waals surface area (Å²) in [5, 5.41) is 3.30. The molecule has 0 aromatic heterocycles. The highest BCUT2D eigenvalue weighted by Crippen LogP contribution is 2.11. The van der Waals surface area contributed by atoms with Crippen LogP contribution in [0.2, 0.25) is 0 Å². The normalized spacial score (nSPS) is 23.7. The standard InChI is InChI=1S/C9H15NO/c1-7(2)11-6-9-4-8(3)5-10-9/h9-10H,1,3-6H2,2H3. The zero-order valence-electron chi connectivity index (χ0n) is 7.02. The van der Waals surface area contributed by atoms with Crippen LogP contribution in [0.5, 0.6) is 0 Å². The highest BCUT2D eigenvalue weighted by atomic mass is 16.5. The quantitative estimate of drug-likeness (QED) is 0.489. The molecule has 0 bridgehead atoms. The highest BCUT2D eigenvalue weighted by molar-refractivity contribution is 5.06. The number of ether oxygens (including phenoxy) is 1. The number of allylic oxidation sites excluding steroid dienone is 1. The molecule has 0 aliphatic carbocycles. The Morgan fingerprint density at radius 1 is 1.82 bits per heavy atom. The molecule has 0 radical (unpaired) electrons. The monoisotopic (exact) mass is 153 g/mol. The van der Waals surface area contributed by atoms with Gasteiger partial charge in [-0.3, -0.25) is 0 Å². The van der Waals surface area contributed by atoms with E-state index in [1.165, 1.54) is 5.57 Å². The molecule has 2 nitrogen and oxygen atoms in total. The Hall–Kier alpha value is -0.760. The van der Waals surface area contributed by atoms with Gasteiger partial charge in [0.15, 0.2) is 0 Å². The van der Waals surface area contributed by atoms with Crippen molar-refractivity contribution in [3.8, 4) is 0 Å². The van der Waals surface area contributed by atoms with E-state index in [4.69, 9.17) is 4.74 Å². The van der Waals surface area contributed by atoms with Crippen molar-refractivity contribution in [1.82, 2.24) is 5.32 Å². The molecule has 2 heteroatoms. The van der Waals surface area contributed by atoms with Gasteiger partial charge >= 0.3 is 0 Å². The second-order valence-corrected chi connectivity index (χ2v) is 3.04. The SMILES string of the molecule is C=C1CNC(COC(=C)C)C1. The van der Waals surface area contributed by atoms with E-state index in [0.717, 1.165) is 18.7 Å². The van der Waals surface area contributed by atoms with Gasteiger partial charge in [-0.15, -0.1) is 0 Å². The van der Waals surface area contributed by atoms with Gasteiger partial charge in [-0.2, -0.15) is 0 Å². The molecule has 1 atom stereocenters. The van der Waals surface area contributed by atoms with Crippen LogP contribution in [0.4, 0.5) is 0 Å². The van der Waals surface area contributed by atoms with Gasteiger partial charge in [0.1, 0.15) is 6.61 Å². The number of rotatable bonds is 3. The Balaban J connectivity index is 2.18. The van der Waals surface area contributed by atoms with E-state index in [-0.39, 0.29) is 0 Å². The lowest BCUT2D eigenvalue weighted by Gasteiger charge is -2.10. The Bertz CT molecular complexity index is 174. The predicted molar refractivity (Wildman–Crippen MR) is 46.3 cm³/mol. The Morgan fingerprint density at radius 3 is 3.00 bits per heavy atom. The number of hydrogen-bond acceptors (Lipinski definition) is 2. The summed E-state index contributed by atoms with van der Waals surface area (Å²) < 4.78 is 5.28. The van der Waals surface area contributed by atoms with E-state index in [2.05, 4.69) is 18.5 Å². The summed E-state index contributed by atoms with van der Waals surface area (Å²) in [5.41, 5.74) is 1.26. The average molecular weight is 153 g/mol. The molecule has 1 fully saturated rings. The van der Waals surface area contributed by atoms with Crippen LogP contribution < -0.4 is 5.32 Å². The van der Waals surface area contributed by atoms with E-state index in [1.54, 1.807) is 0 Å². The second-order valence-electron chi connectivity index (χ2n) is 3.04. The zero-order valence-corrected chi connectivity index (χ0v) is 7.02. The van der Waals surface area contributed by atoms with Crippen LogP contribution in [-0.2, 0) is 4.74 Å². The van der Waals surface area contributed by atoms with Crippen molar-refractivity contribution in [3.05, 3.63) is 24.5 Å². The minimum absolute atomic E-state index is 0.444. The molecule has 0 amide bonds. The van der Waals surface area contributed by atoms with Gasteiger partial charge in [0.25, 0.3) is 0 Å². The van der Waals surface area contributed by atoms with Crippen molar-refractivity contribution in [3.63, 3.8) is 0 Å². The molecule has 0 aromatic rings. The molecule has 1 aliphatic heterocycles. The third kappa shape index (κ3) is 2.76. The van der Waals surface area contributed by atoms with Gasteiger partial charge in [0.2, 0.25) is 0 Å². The lowest BCUT2D eigenvalue weighted by molar-refractivity contribution is 0.190. The van der Waals surface area contributed by atoms with Gasteiger partial charge in [0.05, 0.1) is 5.76 Å². The molecule has 1 rings (SSSR count). The molecular formula is C9H15NO. The topological polar surface area (TPSA) is 21.3 Å². The average Bonchev–Trinajstić information content (AvgIpc) is 2.31. The molecule has 0 saturated carbocycles. The van der Waals surface area contributed by atoms with E-state index >= 15 is 0 Å². The van der Waals surface area contributed by atoms with Crippen LogP contribution in [0.15, 0.2) is 24.5 Å². The largest absolute Gasteiger partial charge is 0.497 e. The molecule has 0 spiro atoms. The van der Waals surface area contributed by atoms with Crippen molar-refractivity contribution in [2.45, 2.75) is 19.4 Å². The summed E-state index contributed by atoms with van der Waals surface area (Å²) in [6.07, 6.45) is 1.04. The minimum Gasteiger partial charge on any atom is -0.497 e. The summed E-state index contributed by atoms with van der Waals surface area (Å²) in [7, 11) is 0. The van der Waals surface area contributed by atoms with Crippen LogP contribution in [0, 0.1) is 0 Å². The van der Waals surface area contributed by atoms with Crippen molar-refractivity contribution >= 4 is 0 Å². The predicted octanol–water partition coefficient (Wildman–Crippen LogP) is 1.45. The highest BCUT2D eigenvalue weighted by Gasteiger charge is 2.16. The first-order valence-electron chi connectivity index (χ1n) is 3.87. The Labute approximate surface area is 67.9 Å². The molecule has 1 heterocycles. The molecule has 1 saturated heterocycles. The van der Waals surface area contributed by atoms with Gasteiger partial charge in [0, 0.05) is 12.6 Å². The molecule has 62 valence electrons. The number of hydrogen-bond donors (Lipinski definition) is 1. The van der Waals surface area contributed by atoms with Crippen LogP contribution in [0.1, 0.15) is 13.3 Å². The lowest BCUT2D eigenvalue weighted by atomic mass is 10.2. The molecule has 1 N–H and O–H groups in total. The summed E-state index contributed by atoms with van der Waals surface area (Å²) in [6.45, 7) is 11.1. The maximum absolute atomic E-state index is 5.28. The van der Waals surface area contributed by atoms with E-state index < -0.39 is 0 Å². The first-order valence-corrected chi connectivity index (χ1v) is 3.87. The fourth-order valence-corrected chi connectivity index (χ4v) is 1.14. The zero-order chi connectivity index (χ0) is 8.27. The maximum Gasteiger partial charge on any atom is 0.103 e. The first-order chi connectivity index (χ1) is 5.18. The van der Waals surface area contributed by atoms with E-state index in [9.17, 15) is 0 Å². The van der Waals surface area contributed by atoms with Crippen LogP contribution in [0.25, 0.3) is 0 Å². The molecule has 1 unspecified atom stereocenters. The van der Waals surface area contributed by atoms with Crippen LogP contribution >= 0.6 is 0 Å². The second kappa shape index (κ2) is 3.58. The smallest absolute Gasteiger partial charge is 0.103 e. The van der Waals surface area contributed by atoms with Gasteiger partial charge in [-0.05, 0) is 13.3 Å². The molecule has 0 aromatic carbocycles. The summed E-state index contributed by atoms with van der Waals surface area (Å²) in [6, 6.07) is 0.444. The maximum atomic E-state index is 5.28. The lowest BCUT2D eigenvalue weighted by Crippen LogP contribution is -2.26. The Kier molecular flexibility index (Phi) is 2.71. The third-order valence-electron chi connectivity index (χ3n) is 1.71. The van der Waals surface area contributed by atoms with Crippen molar-refractivity contribution in [1.29, 1.82) is 0 Å². The molecule has 1 aliphatic rings. The summed E-state index contributed by atoms with van der Waals surface area (Å²) in [5.74, 6) is 0.782. The molecular weight excluding hydrogens is 138 g/mol. The van der Waals surface area contributed by atoms with Crippen molar-refractivity contribution in [2.75, 3.05) is 13.2 Å². The van der Waals surface area contributed by atoms with E-state index in [0.29, 0.717) is 12.6 Å². The van der Waals surface area contributed by atoms with Gasteiger partial charge in [-0.25, -0.2) is 0 Å².